The highest BCUT2D eigenvalue weighted by molar-refractivity contribution is 8.02. The maximum absolute atomic E-state index is 5.81. The van der Waals surface area contributed by atoms with Gasteiger partial charge in [-0.25, -0.2) is 0 Å². The van der Waals surface area contributed by atoms with Gasteiger partial charge in [0.15, 0.2) is 11.5 Å². The normalized spacial score (nSPS) is 13.5. The zero-order valence-corrected chi connectivity index (χ0v) is 69.0. The lowest BCUT2D eigenvalue weighted by Crippen LogP contribution is -2.23. The van der Waals surface area contributed by atoms with Gasteiger partial charge in [-0.2, -0.15) is 0 Å². The second-order valence-electron chi connectivity index (χ2n) is 28.2. The molecular formula is C102H94N12O2S2. The minimum absolute atomic E-state index is 0.914. The van der Waals surface area contributed by atoms with Crippen LogP contribution in [0.3, 0.4) is 0 Å². The number of hydrogen-bond donors (Lipinski definition) is 1. The fourth-order valence-corrected chi connectivity index (χ4v) is 16.4. The van der Waals surface area contributed by atoms with E-state index < -0.39 is 0 Å². The zero-order chi connectivity index (χ0) is 81.1. The second-order valence-corrected chi connectivity index (χ2v) is 30.2. The van der Waals surface area contributed by atoms with E-state index in [0.29, 0.717) is 0 Å². The van der Waals surface area contributed by atoms with Gasteiger partial charge in [-0.1, -0.05) is 212 Å². The number of anilines is 19. The average Bonchev–Trinajstić information content (AvgIpc) is 0.758. The van der Waals surface area contributed by atoms with E-state index in [1.807, 2.05) is 164 Å². The third-order valence-corrected chi connectivity index (χ3v) is 22.5. The smallest absolute Gasteiger partial charge is 0.151 e. The molecule has 0 amide bonds. The number of nitrogens with one attached hydrogen (secondary N) is 1. The Bertz CT molecular complexity index is 5400. The molecule has 8 heterocycles. The van der Waals surface area contributed by atoms with Crippen molar-refractivity contribution in [1.82, 2.24) is 4.90 Å². The highest BCUT2D eigenvalue weighted by atomic mass is 32.2. The Labute approximate surface area is 703 Å². The minimum atomic E-state index is 0.914. The van der Waals surface area contributed by atoms with Gasteiger partial charge in [0.2, 0.25) is 0 Å². The maximum Gasteiger partial charge on any atom is 0.151 e. The second kappa shape index (κ2) is 37.8. The Morgan fingerprint density at radius 1 is 0.246 bits per heavy atom. The summed E-state index contributed by atoms with van der Waals surface area (Å²) in [6.07, 6.45) is 17.9. The van der Waals surface area contributed by atoms with E-state index in [1.54, 1.807) is 18.0 Å². The minimum Gasteiger partial charge on any atom is -0.461 e. The number of para-hydroxylation sites is 22. The molecule has 1 N–H and O–H groups in total. The maximum atomic E-state index is 5.81. The Kier molecular flexibility index (Phi) is 25.3. The molecule has 0 spiro atoms. The van der Waals surface area contributed by atoms with Gasteiger partial charge >= 0.3 is 0 Å². The summed E-state index contributed by atoms with van der Waals surface area (Å²) in [6.45, 7) is 0. The van der Waals surface area contributed by atoms with Gasteiger partial charge in [-0.15, -0.1) is 0 Å². The van der Waals surface area contributed by atoms with Crippen molar-refractivity contribution in [1.29, 1.82) is 0 Å². The van der Waals surface area contributed by atoms with Crippen LogP contribution >= 0.6 is 23.5 Å². The van der Waals surface area contributed by atoms with E-state index >= 15 is 0 Å². The predicted octanol–water partition coefficient (Wildman–Crippen LogP) is 27.0. The first-order valence-electron chi connectivity index (χ1n) is 39.1. The van der Waals surface area contributed by atoms with E-state index in [0.717, 1.165) is 34.3 Å². The molecule has 22 rings (SSSR count). The van der Waals surface area contributed by atoms with Crippen LogP contribution < -0.4 is 63.8 Å². The Morgan fingerprint density at radius 3 is 1.14 bits per heavy atom. The summed E-state index contributed by atoms with van der Waals surface area (Å²) in [4.78, 5) is 27.8. The Morgan fingerprint density at radius 2 is 0.610 bits per heavy atom. The number of nitrogens with zero attached hydrogens (tertiary/aromatic N) is 11. The van der Waals surface area contributed by atoms with E-state index in [2.05, 4.69) is 377 Å². The molecule has 0 radical (unpaired) electrons. The predicted molar refractivity (Wildman–Crippen MR) is 501 cm³/mol. The number of fused-ring (bicyclic) bond motifs is 11. The van der Waals surface area contributed by atoms with Crippen molar-refractivity contribution in [2.24, 2.45) is 0 Å². The van der Waals surface area contributed by atoms with Crippen LogP contribution in [-0.2, 0) is 0 Å². The Balaban J connectivity index is 0.000000106. The summed E-state index contributed by atoms with van der Waals surface area (Å²) in [5, 5.41) is 5.53. The molecule has 8 aliphatic heterocycles. The van der Waals surface area contributed by atoms with Gasteiger partial charge in [0, 0.05) is 138 Å². The number of benzene rings is 14. The molecule has 118 heavy (non-hydrogen) atoms. The molecule has 14 aromatic rings. The molecule has 8 aliphatic rings. The number of hydrogen-bond acceptors (Lipinski definition) is 16. The lowest BCUT2D eigenvalue weighted by Gasteiger charge is -2.38. The van der Waals surface area contributed by atoms with Gasteiger partial charge in [-0.3, -0.25) is 0 Å². The van der Waals surface area contributed by atoms with Crippen LogP contribution in [-0.4, -0.2) is 61.3 Å². The van der Waals surface area contributed by atoms with E-state index in [1.165, 1.54) is 106 Å². The summed E-state index contributed by atoms with van der Waals surface area (Å²) < 4.78 is 11.1. The van der Waals surface area contributed by atoms with Crippen LogP contribution in [0.1, 0.15) is 0 Å². The third-order valence-electron chi connectivity index (χ3n) is 20.6. The lowest BCUT2D eigenvalue weighted by atomic mass is 10.1. The van der Waals surface area contributed by atoms with Crippen LogP contribution in [0, 0.1) is 0 Å². The molecule has 0 atom stereocenters. The molecule has 586 valence electrons. The van der Waals surface area contributed by atoms with Gasteiger partial charge in [0.1, 0.15) is 12.0 Å². The summed E-state index contributed by atoms with van der Waals surface area (Å²) in [5.41, 5.74) is 22.8. The molecule has 14 nitrogen and oxygen atoms in total. The van der Waals surface area contributed by atoms with E-state index in [4.69, 9.17) is 9.47 Å². The molecule has 14 aromatic carbocycles. The van der Waals surface area contributed by atoms with Gasteiger partial charge in [0.05, 0.1) is 91.0 Å². The van der Waals surface area contributed by atoms with Crippen LogP contribution in [0.15, 0.2) is 434 Å². The standard InChI is InChI=1S/C19H16N2.C15H14N2.C13H12N2.C13H11NO.C13H11NS.C11H12N2.C9H9NO.C9H9NS/c1-20-16-11-5-7-13-18(16)21(15-9-3-2-4-10-15)19-14-8-6-12-17(19)20;1-16-11-12-17(13-7-3-2-4-8-13)15-10-6-5-9-14(15)16;1-15-12-8-4-2-6-10(12)14-11-7-3-5-9-13(11)15;2*1-14-10-6-2-4-8-12(10)15-13-9-5-3-7-11(13)14;1-12-7-9-13(10-8-12)11-5-3-2-4-6-11;2*1-10-6-7-11-9-5-3-2-4-8(9)10/h2-14H,1H3;2-12H,1H3;2-9,14H,1H3;2*2-9H,1H3;2-10H,1H3;2*2-7H,1H3. The third kappa shape index (κ3) is 18.2. The molecule has 16 heteroatoms. The van der Waals surface area contributed by atoms with Crippen molar-refractivity contribution in [3.63, 3.8) is 0 Å². The molecule has 0 saturated heterocycles. The SMILES string of the molecule is CN1C=CN(c2ccccc2)C=C1.CN1C=CN(c2ccccc2)c2ccccc21.CN1C=COc2ccccc21.CN1C=CSc2ccccc21.CN1c2ccccc2N(c2ccccc2)c2ccccc21.CN1c2ccccc2Nc2ccccc21.CN1c2ccccc2Oc2ccccc21.CN1c2ccccc2Sc2ccccc21. The van der Waals surface area contributed by atoms with Crippen LogP contribution in [0.4, 0.5) is 108 Å². The topological polar surface area (TPSA) is 66.1 Å². The first-order chi connectivity index (χ1) is 57.9. The first-order valence-corrected chi connectivity index (χ1v) is 40.8. The number of rotatable bonds is 3. The highest BCUT2D eigenvalue weighted by Gasteiger charge is 2.28. The summed E-state index contributed by atoms with van der Waals surface area (Å²) in [5.74, 6) is 2.75. The monoisotopic (exact) mass is 1580 g/mol. The van der Waals surface area contributed by atoms with Crippen LogP contribution in [0.5, 0.6) is 17.2 Å². The van der Waals surface area contributed by atoms with Crippen molar-refractivity contribution in [2.45, 2.75) is 14.7 Å². The summed E-state index contributed by atoms with van der Waals surface area (Å²) >= 11 is 3.61. The Hall–Kier alpha value is -14.3. The fourth-order valence-electron chi connectivity index (χ4n) is 14.4. The molecule has 0 aliphatic carbocycles. The average molecular weight is 1580 g/mol. The quantitative estimate of drug-likeness (QED) is 0.182. The van der Waals surface area contributed by atoms with Gasteiger partial charge in [-0.05, 0) is 175 Å². The number of thioether (sulfide) groups is 1. The van der Waals surface area contributed by atoms with Crippen molar-refractivity contribution in [2.75, 3.05) is 111 Å². The molecule has 0 bridgehead atoms. The largest absolute Gasteiger partial charge is 0.461 e. The van der Waals surface area contributed by atoms with Crippen molar-refractivity contribution in [3.8, 4) is 17.2 Å². The van der Waals surface area contributed by atoms with Crippen molar-refractivity contribution in [3.05, 3.63) is 419 Å². The number of ether oxygens (including phenoxy) is 2. The lowest BCUT2D eigenvalue weighted by molar-refractivity contribution is 0.471. The van der Waals surface area contributed by atoms with Gasteiger partial charge < -0.3 is 68.7 Å². The van der Waals surface area contributed by atoms with E-state index in [9.17, 15) is 0 Å². The summed E-state index contributed by atoms with van der Waals surface area (Å²) in [6, 6.07) is 123. The van der Waals surface area contributed by atoms with Gasteiger partial charge in [0.25, 0.3) is 0 Å². The molecular weight excluding hydrogens is 1490 g/mol. The molecule has 0 aromatic heterocycles. The molecule has 0 saturated carbocycles. The highest BCUT2D eigenvalue weighted by Crippen LogP contribution is 2.52. The van der Waals surface area contributed by atoms with Crippen molar-refractivity contribution < 1.29 is 9.47 Å². The van der Waals surface area contributed by atoms with Crippen LogP contribution in [0.2, 0.25) is 0 Å². The van der Waals surface area contributed by atoms with Crippen molar-refractivity contribution >= 4 is 132 Å². The van der Waals surface area contributed by atoms with E-state index in [-0.39, 0.29) is 0 Å². The van der Waals surface area contributed by atoms with Crippen LogP contribution in [0.25, 0.3) is 0 Å². The molecule has 0 unspecified atom stereocenters. The summed E-state index contributed by atoms with van der Waals surface area (Å²) in [7, 11) is 16.5. The molecule has 0 fully saturated rings. The zero-order valence-electron chi connectivity index (χ0n) is 67.4. The fraction of sp³-hybridized carbons (Fsp3) is 0.0784. The first kappa shape index (κ1) is 78.9.